The molecule has 0 aliphatic carbocycles. The predicted molar refractivity (Wildman–Crippen MR) is 106 cm³/mol. The van der Waals surface area contributed by atoms with Crippen LogP contribution in [0.4, 0.5) is 0 Å². The molecule has 0 radical (unpaired) electrons. The summed E-state index contributed by atoms with van der Waals surface area (Å²) in [5, 5.41) is 10.9. The number of hydrogen-bond donors (Lipinski definition) is 2. The molecule has 0 saturated heterocycles. The summed E-state index contributed by atoms with van der Waals surface area (Å²) >= 11 is 12.0. The third kappa shape index (κ3) is 3.85. The van der Waals surface area contributed by atoms with E-state index < -0.39 is 11.9 Å². The Hall–Kier alpha value is -2.90. The Kier molecular flexibility index (Phi) is 5.67. The number of halogens is 2. The molecule has 1 heterocycles. The van der Waals surface area contributed by atoms with Crippen LogP contribution >= 0.6 is 23.2 Å². The number of benzene rings is 2. The molecule has 0 aliphatic rings. The Bertz CT molecular complexity index is 1080. The van der Waals surface area contributed by atoms with Gasteiger partial charge in [-0.2, -0.15) is 0 Å². The first kappa shape index (κ1) is 19.9. The second kappa shape index (κ2) is 8.00. The normalized spacial score (nSPS) is 10.8. The van der Waals surface area contributed by atoms with Gasteiger partial charge in [-0.05, 0) is 35.9 Å². The number of carbonyl (C=O) groups is 2. The first-order valence-electron chi connectivity index (χ1n) is 8.10. The maximum absolute atomic E-state index is 11.8. The van der Waals surface area contributed by atoms with E-state index in [0.717, 1.165) is 5.56 Å². The molecule has 3 rings (SSSR count). The van der Waals surface area contributed by atoms with Crippen LogP contribution in [0.1, 0.15) is 16.1 Å². The van der Waals surface area contributed by atoms with E-state index in [-0.39, 0.29) is 24.6 Å². The fourth-order valence-corrected chi connectivity index (χ4v) is 3.23. The molecule has 28 heavy (non-hydrogen) atoms. The van der Waals surface area contributed by atoms with Gasteiger partial charge in [0.2, 0.25) is 0 Å². The number of methoxy groups -OCH3 is 1. The molecule has 1 aromatic heterocycles. The monoisotopic (exact) mass is 422 g/mol. The summed E-state index contributed by atoms with van der Waals surface area (Å²) in [5.74, 6) is -1.17. The number of aromatic nitrogens is 1. The van der Waals surface area contributed by atoms with Crippen LogP contribution < -0.4 is 15.2 Å². The molecule has 0 aliphatic heterocycles. The number of fused-ring (bicyclic) bond motifs is 1. The number of carbonyl (C=O) groups excluding carboxylic acids is 1. The van der Waals surface area contributed by atoms with Gasteiger partial charge in [0.25, 0.3) is 5.91 Å². The van der Waals surface area contributed by atoms with Crippen molar-refractivity contribution in [3.63, 3.8) is 0 Å². The number of primary amides is 1. The summed E-state index contributed by atoms with van der Waals surface area (Å²) in [6, 6.07) is 9.91. The zero-order chi connectivity index (χ0) is 20.4. The van der Waals surface area contributed by atoms with Crippen molar-refractivity contribution in [2.45, 2.75) is 6.54 Å². The van der Waals surface area contributed by atoms with Crippen molar-refractivity contribution in [3.8, 4) is 11.5 Å². The second-order valence-electron chi connectivity index (χ2n) is 5.95. The highest BCUT2D eigenvalue weighted by molar-refractivity contribution is 6.42. The molecule has 3 aromatic rings. The quantitative estimate of drug-likeness (QED) is 0.605. The van der Waals surface area contributed by atoms with Gasteiger partial charge in [-0.15, -0.1) is 0 Å². The summed E-state index contributed by atoms with van der Waals surface area (Å²) < 4.78 is 12.4. The van der Waals surface area contributed by atoms with Crippen molar-refractivity contribution in [1.29, 1.82) is 0 Å². The number of hydrogen-bond acceptors (Lipinski definition) is 4. The third-order valence-electron chi connectivity index (χ3n) is 4.12. The Morgan fingerprint density at radius 3 is 2.50 bits per heavy atom. The number of carboxylic acid groups (broad SMARTS) is 1. The van der Waals surface area contributed by atoms with Gasteiger partial charge in [0.1, 0.15) is 5.69 Å². The number of aromatic carboxylic acids is 1. The standard InChI is InChI=1S/C19H16Cl2N2O5/c1-27-16-5-4-14-11(18(16)28-9-17(22)24)7-15(19(25)26)23(14)8-10-2-3-12(20)13(21)6-10/h2-7H,8-9H2,1H3,(H2,22,24)(H,25,26). The minimum Gasteiger partial charge on any atom is -0.493 e. The average Bonchev–Trinajstić information content (AvgIpc) is 3.01. The summed E-state index contributed by atoms with van der Waals surface area (Å²) in [4.78, 5) is 22.9. The van der Waals surface area contributed by atoms with Crippen LogP contribution in [-0.2, 0) is 11.3 Å². The van der Waals surface area contributed by atoms with Crippen molar-refractivity contribution in [2.75, 3.05) is 13.7 Å². The number of rotatable bonds is 7. The minimum absolute atomic E-state index is 0.0400. The van der Waals surface area contributed by atoms with Crippen LogP contribution in [0.5, 0.6) is 11.5 Å². The van der Waals surface area contributed by atoms with E-state index in [1.54, 1.807) is 34.9 Å². The van der Waals surface area contributed by atoms with Crippen LogP contribution in [0.25, 0.3) is 10.9 Å². The zero-order valence-corrected chi connectivity index (χ0v) is 16.3. The molecule has 3 N–H and O–H groups in total. The molecule has 2 aromatic carbocycles. The van der Waals surface area contributed by atoms with Gasteiger partial charge in [0.15, 0.2) is 18.1 Å². The van der Waals surface area contributed by atoms with Gasteiger partial charge in [0, 0.05) is 11.9 Å². The molecule has 7 nitrogen and oxygen atoms in total. The van der Waals surface area contributed by atoms with Crippen LogP contribution in [0.15, 0.2) is 36.4 Å². The first-order valence-corrected chi connectivity index (χ1v) is 8.86. The smallest absolute Gasteiger partial charge is 0.352 e. The summed E-state index contributed by atoms with van der Waals surface area (Å²) in [6.45, 7) is -0.126. The second-order valence-corrected chi connectivity index (χ2v) is 6.77. The van der Waals surface area contributed by atoms with Crippen molar-refractivity contribution >= 4 is 46.0 Å². The van der Waals surface area contributed by atoms with E-state index in [1.807, 2.05) is 0 Å². The number of amides is 1. The topological polar surface area (TPSA) is 104 Å². The summed E-state index contributed by atoms with van der Waals surface area (Å²) in [5.41, 5.74) is 6.56. The molecular weight excluding hydrogens is 407 g/mol. The van der Waals surface area contributed by atoms with Gasteiger partial charge in [0.05, 0.1) is 22.7 Å². The number of nitrogens with zero attached hydrogens (tertiary/aromatic N) is 1. The number of ether oxygens (including phenoxy) is 2. The highest BCUT2D eigenvalue weighted by Gasteiger charge is 2.21. The van der Waals surface area contributed by atoms with Crippen LogP contribution in [0.2, 0.25) is 10.0 Å². The maximum Gasteiger partial charge on any atom is 0.352 e. The Labute approximate surface area is 170 Å². The van der Waals surface area contributed by atoms with E-state index in [4.69, 9.17) is 38.4 Å². The first-order chi connectivity index (χ1) is 13.3. The Morgan fingerprint density at radius 2 is 1.89 bits per heavy atom. The molecule has 146 valence electrons. The van der Waals surface area contributed by atoms with E-state index in [9.17, 15) is 14.7 Å². The SMILES string of the molecule is COc1ccc2c(cc(C(=O)O)n2Cc2ccc(Cl)c(Cl)c2)c1OCC(N)=O. The summed E-state index contributed by atoms with van der Waals surface area (Å²) in [7, 11) is 1.45. The van der Waals surface area contributed by atoms with Crippen molar-refractivity contribution in [2.24, 2.45) is 5.73 Å². The molecule has 1 amide bonds. The lowest BCUT2D eigenvalue weighted by atomic mass is 10.2. The fourth-order valence-electron chi connectivity index (χ4n) is 2.91. The molecule has 0 saturated carbocycles. The van der Waals surface area contributed by atoms with Gasteiger partial charge >= 0.3 is 5.97 Å². The lowest BCUT2D eigenvalue weighted by Crippen LogP contribution is -2.20. The molecule has 0 spiro atoms. The van der Waals surface area contributed by atoms with Gasteiger partial charge < -0.3 is 24.9 Å². The third-order valence-corrected chi connectivity index (χ3v) is 4.86. The average molecular weight is 423 g/mol. The number of nitrogens with two attached hydrogens (primary N) is 1. The zero-order valence-electron chi connectivity index (χ0n) is 14.7. The molecule has 0 unspecified atom stereocenters. The molecular formula is C19H16Cl2N2O5. The Morgan fingerprint density at radius 1 is 1.14 bits per heavy atom. The molecule has 0 fully saturated rings. The number of carboxylic acids is 1. The van der Waals surface area contributed by atoms with Crippen molar-refractivity contribution in [3.05, 3.63) is 57.7 Å². The van der Waals surface area contributed by atoms with Crippen molar-refractivity contribution in [1.82, 2.24) is 4.57 Å². The van der Waals surface area contributed by atoms with E-state index >= 15 is 0 Å². The largest absolute Gasteiger partial charge is 0.493 e. The van der Waals surface area contributed by atoms with Gasteiger partial charge in [-0.1, -0.05) is 29.3 Å². The molecule has 0 atom stereocenters. The predicted octanol–water partition coefficient (Wildman–Crippen LogP) is 3.57. The highest BCUT2D eigenvalue weighted by atomic mass is 35.5. The van der Waals surface area contributed by atoms with Crippen LogP contribution in [-0.4, -0.2) is 35.3 Å². The van der Waals surface area contributed by atoms with Crippen molar-refractivity contribution < 1.29 is 24.2 Å². The van der Waals surface area contributed by atoms with Crippen LogP contribution in [0, 0.1) is 0 Å². The summed E-state index contributed by atoms with van der Waals surface area (Å²) in [6.07, 6.45) is 0. The molecule has 0 bridgehead atoms. The molecule has 9 heteroatoms. The van der Waals surface area contributed by atoms with E-state index in [2.05, 4.69) is 0 Å². The van der Waals surface area contributed by atoms with Gasteiger partial charge in [-0.3, -0.25) is 4.79 Å². The van der Waals surface area contributed by atoms with Crippen LogP contribution in [0.3, 0.4) is 0 Å². The lowest BCUT2D eigenvalue weighted by Gasteiger charge is -2.13. The Balaban J connectivity index is 2.16. The minimum atomic E-state index is -1.11. The highest BCUT2D eigenvalue weighted by Crippen LogP contribution is 2.38. The van der Waals surface area contributed by atoms with Gasteiger partial charge in [-0.25, -0.2) is 4.79 Å². The van der Waals surface area contributed by atoms with E-state index in [1.165, 1.54) is 13.2 Å². The maximum atomic E-state index is 11.8. The van der Waals surface area contributed by atoms with E-state index in [0.29, 0.717) is 26.7 Å². The lowest BCUT2D eigenvalue weighted by molar-refractivity contribution is -0.119. The fraction of sp³-hybridized carbons (Fsp3) is 0.158.